The SMILES string of the molecule is COC(C[C@H]1C[C@@H](C)[C@@H](O[Si](C)(C)C(C)(C)C)/C=C/C=C/C[C@@H](C)OC(=O)C[C@H](C)[C@H](OC)[C@H]1O[C@@H]1O[C@H](C)[C@H](O[C@H]2CC(C)(C)[C@@H](C)C(C)O2)C(N(C)C)C1OC(C)=O)OC. The van der Waals surface area contributed by atoms with E-state index in [2.05, 4.69) is 74.6 Å². The molecule has 62 heavy (non-hydrogen) atoms. The minimum Gasteiger partial charge on any atom is -0.462 e. The molecule has 0 aliphatic carbocycles. The summed E-state index contributed by atoms with van der Waals surface area (Å²) in [5.74, 6) is -1.15. The largest absolute Gasteiger partial charge is 0.462 e. The van der Waals surface area contributed by atoms with Gasteiger partial charge in [0.25, 0.3) is 0 Å². The van der Waals surface area contributed by atoms with Crippen molar-refractivity contribution < 1.29 is 56.6 Å². The van der Waals surface area contributed by atoms with Crippen LogP contribution in [0.4, 0.5) is 0 Å². The fourth-order valence-electron chi connectivity index (χ4n) is 9.01. The van der Waals surface area contributed by atoms with E-state index in [9.17, 15) is 9.59 Å². The van der Waals surface area contributed by atoms with E-state index in [0.717, 1.165) is 0 Å². The van der Waals surface area contributed by atoms with E-state index in [1.165, 1.54) is 6.92 Å². The zero-order valence-electron chi connectivity index (χ0n) is 41.9. The zero-order chi connectivity index (χ0) is 46.9. The predicted molar refractivity (Wildman–Crippen MR) is 244 cm³/mol. The van der Waals surface area contributed by atoms with Crippen molar-refractivity contribution in [2.45, 2.75) is 207 Å². The Bertz CT molecular complexity index is 1440. The number of nitrogens with zero attached hydrogens (tertiary/aromatic N) is 1. The smallest absolute Gasteiger partial charge is 0.306 e. The molecule has 14 heteroatoms. The molecule has 0 radical (unpaired) electrons. The van der Waals surface area contributed by atoms with Crippen LogP contribution >= 0.6 is 0 Å². The molecule has 0 N–H and O–H groups in total. The van der Waals surface area contributed by atoms with E-state index in [4.69, 9.17) is 47.1 Å². The Morgan fingerprint density at radius 1 is 0.903 bits per heavy atom. The highest BCUT2D eigenvalue weighted by Crippen LogP contribution is 2.44. The average molecular weight is 898 g/mol. The normalized spacial score (nSPS) is 38.1. The van der Waals surface area contributed by atoms with Gasteiger partial charge >= 0.3 is 11.9 Å². The third-order valence-corrected chi connectivity index (χ3v) is 18.7. The summed E-state index contributed by atoms with van der Waals surface area (Å²) < 4.78 is 64.9. The molecule has 3 heterocycles. The molecule has 0 aromatic rings. The lowest BCUT2D eigenvalue weighted by atomic mass is 9.73. The van der Waals surface area contributed by atoms with Gasteiger partial charge in [-0.1, -0.05) is 79.7 Å². The number of ether oxygens (including phenoxy) is 9. The Balaban J connectivity index is 2.21. The second-order valence-corrected chi connectivity index (χ2v) is 25.6. The van der Waals surface area contributed by atoms with E-state index >= 15 is 0 Å². The molecule has 13 nitrogen and oxygen atoms in total. The Morgan fingerprint density at radius 2 is 1.55 bits per heavy atom. The maximum Gasteiger partial charge on any atom is 0.306 e. The molecule has 0 aromatic heterocycles. The lowest BCUT2D eigenvalue weighted by molar-refractivity contribution is -0.339. The number of cyclic esters (lactones) is 1. The molecule has 0 amide bonds. The summed E-state index contributed by atoms with van der Waals surface area (Å²) in [4.78, 5) is 28.6. The molecule has 3 aliphatic heterocycles. The fraction of sp³-hybridized carbons (Fsp3) is 0.875. The molecule has 0 spiro atoms. The van der Waals surface area contributed by atoms with Crippen LogP contribution in [0.5, 0.6) is 0 Å². The molecule has 3 aliphatic rings. The van der Waals surface area contributed by atoms with Crippen LogP contribution in [0.3, 0.4) is 0 Å². The predicted octanol–water partition coefficient (Wildman–Crippen LogP) is 8.69. The van der Waals surface area contributed by atoms with Crippen LogP contribution in [-0.4, -0.2) is 134 Å². The van der Waals surface area contributed by atoms with Crippen LogP contribution < -0.4 is 0 Å². The van der Waals surface area contributed by atoms with Crippen molar-refractivity contribution in [2.24, 2.45) is 29.1 Å². The van der Waals surface area contributed by atoms with Crippen molar-refractivity contribution in [1.82, 2.24) is 4.90 Å². The van der Waals surface area contributed by atoms with Crippen LogP contribution in [0, 0.1) is 29.1 Å². The van der Waals surface area contributed by atoms with Crippen LogP contribution in [0.25, 0.3) is 0 Å². The first kappa shape index (κ1) is 54.6. The number of esters is 2. The van der Waals surface area contributed by atoms with Gasteiger partial charge in [0.05, 0.1) is 43.0 Å². The lowest BCUT2D eigenvalue weighted by Crippen LogP contribution is -2.66. The number of carbonyl (C=O) groups excluding carboxylic acids is 2. The van der Waals surface area contributed by atoms with Crippen molar-refractivity contribution in [3.05, 3.63) is 24.3 Å². The van der Waals surface area contributed by atoms with Gasteiger partial charge in [0.15, 0.2) is 33.3 Å². The maximum absolute atomic E-state index is 13.5. The first-order valence-corrected chi connectivity index (χ1v) is 25.9. The minimum atomic E-state index is -2.25. The number of hydrogen-bond acceptors (Lipinski definition) is 13. The van der Waals surface area contributed by atoms with Gasteiger partial charge in [-0.15, -0.1) is 0 Å². The summed E-state index contributed by atoms with van der Waals surface area (Å²) in [5, 5.41) is -0.0228. The van der Waals surface area contributed by atoms with Crippen molar-refractivity contribution in [3.8, 4) is 0 Å². The Labute approximate surface area is 376 Å². The third kappa shape index (κ3) is 14.9. The van der Waals surface area contributed by atoms with Gasteiger partial charge in [-0.25, -0.2) is 0 Å². The summed E-state index contributed by atoms with van der Waals surface area (Å²) in [6.07, 6.45) is 4.53. The summed E-state index contributed by atoms with van der Waals surface area (Å²) >= 11 is 0. The number of allylic oxidation sites excluding steroid dienone is 2. The van der Waals surface area contributed by atoms with Crippen molar-refractivity contribution in [1.29, 1.82) is 0 Å². The van der Waals surface area contributed by atoms with E-state index in [0.29, 0.717) is 31.6 Å². The fourth-order valence-corrected chi connectivity index (χ4v) is 10.4. The second kappa shape index (κ2) is 23.6. The number of rotatable bonds is 13. The van der Waals surface area contributed by atoms with Gasteiger partial charge in [0, 0.05) is 47.5 Å². The van der Waals surface area contributed by atoms with Crippen molar-refractivity contribution in [3.63, 3.8) is 0 Å². The number of hydrogen-bond donors (Lipinski definition) is 0. The van der Waals surface area contributed by atoms with Crippen LogP contribution in [0.15, 0.2) is 24.3 Å². The highest BCUT2D eigenvalue weighted by molar-refractivity contribution is 6.74. The Hall–Kier alpha value is -1.72. The van der Waals surface area contributed by atoms with Crippen LogP contribution in [-0.2, 0) is 56.6 Å². The summed E-state index contributed by atoms with van der Waals surface area (Å²) in [5.41, 5.74) is -0.0220. The monoisotopic (exact) mass is 898 g/mol. The Kier molecular flexibility index (Phi) is 20.8. The standard InChI is InChI=1S/C48H87NO12Si/c1-29-25-36(27-39(52-15)53-16)44(42(54-17)30(2)26-38(51)55-31(3)23-21-20-22-24-37(29)61-62(18,19)47(8,9)10)60-46-45(58-35(7)50)41(49(13)14)43(34(6)57-46)59-40-28-48(11,12)32(4)33(5)56-40/h20-22,24,29-34,36-37,39-46H,23,25-28H2,1-19H3/b21-20+,24-22+/t29-,30+,31-,32+,33?,34-,36-,37+,40+,41?,42+,43+,44+,45?,46+/m1/s1. The minimum absolute atomic E-state index is 0.0139. The van der Waals surface area contributed by atoms with Gasteiger partial charge in [0.1, 0.15) is 12.2 Å². The van der Waals surface area contributed by atoms with E-state index < -0.39 is 69.7 Å². The van der Waals surface area contributed by atoms with Gasteiger partial charge in [-0.2, -0.15) is 0 Å². The van der Waals surface area contributed by atoms with E-state index in [-0.39, 0.29) is 58.9 Å². The number of carbonyl (C=O) groups is 2. The molecule has 0 bridgehead atoms. The zero-order valence-corrected chi connectivity index (χ0v) is 42.9. The van der Waals surface area contributed by atoms with E-state index in [1.54, 1.807) is 21.3 Å². The molecule has 0 saturated carbocycles. The Morgan fingerprint density at radius 3 is 2.10 bits per heavy atom. The van der Waals surface area contributed by atoms with Crippen molar-refractivity contribution >= 4 is 20.3 Å². The van der Waals surface area contributed by atoms with Gasteiger partial charge in [-0.3, -0.25) is 9.59 Å². The third-order valence-electron chi connectivity index (χ3n) is 14.2. The lowest BCUT2D eigenvalue weighted by Gasteiger charge is -2.51. The van der Waals surface area contributed by atoms with Gasteiger partial charge in [0.2, 0.25) is 0 Å². The highest BCUT2D eigenvalue weighted by Gasteiger charge is 2.53. The second-order valence-electron chi connectivity index (χ2n) is 20.9. The molecule has 15 atom stereocenters. The first-order valence-electron chi connectivity index (χ1n) is 23.0. The van der Waals surface area contributed by atoms with Crippen LogP contribution in [0.2, 0.25) is 18.1 Å². The topological polar surface area (TPSA) is 130 Å². The molecular formula is C48H87NO12Si. The van der Waals surface area contributed by atoms with E-state index in [1.807, 2.05) is 58.0 Å². The van der Waals surface area contributed by atoms with Gasteiger partial charge in [-0.05, 0) is 88.5 Å². The average Bonchev–Trinajstić information content (AvgIpc) is 3.14. The first-order chi connectivity index (χ1) is 28.8. The molecule has 3 unspecified atom stereocenters. The molecule has 360 valence electrons. The highest BCUT2D eigenvalue weighted by atomic mass is 28.4. The maximum atomic E-state index is 13.5. The number of likely N-dealkylation sites (N-methyl/N-ethyl adjacent to an activating group) is 1. The quantitative estimate of drug-likeness (QED) is 0.0994. The van der Waals surface area contributed by atoms with Crippen molar-refractivity contribution in [2.75, 3.05) is 35.4 Å². The molecule has 2 saturated heterocycles. The molecule has 0 aromatic carbocycles. The molecule has 2 fully saturated rings. The number of methoxy groups -OCH3 is 3. The molecular weight excluding hydrogens is 811 g/mol. The summed E-state index contributed by atoms with van der Waals surface area (Å²) in [6.45, 7) is 29.5. The summed E-state index contributed by atoms with van der Waals surface area (Å²) in [6, 6.07) is -0.487. The van der Waals surface area contributed by atoms with Crippen LogP contribution in [0.1, 0.15) is 115 Å². The summed E-state index contributed by atoms with van der Waals surface area (Å²) in [7, 11) is 6.52. The van der Waals surface area contributed by atoms with Gasteiger partial charge < -0.3 is 52.0 Å². The molecule has 3 rings (SSSR count).